The second kappa shape index (κ2) is 6.83. The third-order valence-corrected chi connectivity index (χ3v) is 5.73. The van der Waals surface area contributed by atoms with Crippen molar-refractivity contribution in [3.8, 4) is 0 Å². The Kier molecular flexibility index (Phi) is 4.41. The molecule has 2 heterocycles. The van der Waals surface area contributed by atoms with E-state index >= 15 is 0 Å². The van der Waals surface area contributed by atoms with Gasteiger partial charge >= 0.3 is 0 Å². The Labute approximate surface area is 146 Å². The fraction of sp³-hybridized carbons (Fsp3) is 0.300. The van der Waals surface area contributed by atoms with Gasteiger partial charge in [0.25, 0.3) is 0 Å². The number of piperidine rings is 1. The molecule has 24 heavy (non-hydrogen) atoms. The van der Waals surface area contributed by atoms with Gasteiger partial charge in [-0.3, -0.25) is 9.69 Å². The second-order valence-corrected chi connectivity index (χ2v) is 7.47. The van der Waals surface area contributed by atoms with Crippen molar-refractivity contribution >= 4 is 27.3 Å². The molecular weight excluding hydrogens is 316 g/mol. The lowest BCUT2D eigenvalue weighted by molar-refractivity contribution is 0.0835. The van der Waals surface area contributed by atoms with Gasteiger partial charge in [-0.1, -0.05) is 42.5 Å². The maximum atomic E-state index is 12.6. The van der Waals surface area contributed by atoms with Crippen LogP contribution in [0.3, 0.4) is 0 Å². The fourth-order valence-corrected chi connectivity index (χ4v) is 4.38. The summed E-state index contributed by atoms with van der Waals surface area (Å²) >= 11 is 1.78. The summed E-state index contributed by atoms with van der Waals surface area (Å²) in [6.07, 6.45) is 1.89. The Bertz CT molecular complexity index is 802. The predicted molar refractivity (Wildman–Crippen MR) is 98.4 cm³/mol. The van der Waals surface area contributed by atoms with Crippen LogP contribution in [-0.2, 0) is 6.54 Å². The van der Waals surface area contributed by atoms with Crippen molar-refractivity contribution in [2.75, 3.05) is 13.1 Å². The van der Waals surface area contributed by atoms with E-state index in [1.54, 1.807) is 11.3 Å². The first-order valence-corrected chi connectivity index (χ1v) is 9.27. The van der Waals surface area contributed by atoms with Crippen molar-refractivity contribution in [2.24, 2.45) is 5.92 Å². The molecule has 0 saturated carbocycles. The highest BCUT2D eigenvalue weighted by atomic mass is 32.1. The third kappa shape index (κ3) is 3.25. The van der Waals surface area contributed by atoms with Crippen LogP contribution in [0.25, 0.3) is 10.2 Å². The number of carbonyl (C=O) groups is 1. The van der Waals surface area contributed by atoms with Gasteiger partial charge in [-0.15, -0.1) is 11.3 Å². The van der Waals surface area contributed by atoms with Crippen LogP contribution in [0, 0.1) is 5.92 Å². The number of rotatable bonds is 4. The van der Waals surface area contributed by atoms with Gasteiger partial charge < -0.3 is 0 Å². The molecule has 2 aromatic carbocycles. The summed E-state index contributed by atoms with van der Waals surface area (Å²) in [4.78, 5) is 19.7. The quantitative estimate of drug-likeness (QED) is 0.663. The zero-order chi connectivity index (χ0) is 16.4. The molecule has 122 valence electrons. The molecule has 1 aliphatic heterocycles. The van der Waals surface area contributed by atoms with Crippen molar-refractivity contribution in [2.45, 2.75) is 19.4 Å². The number of hydrogen-bond donors (Lipinski definition) is 0. The molecule has 0 aliphatic carbocycles. The maximum Gasteiger partial charge on any atom is 0.166 e. The molecular formula is C20H20N2OS. The maximum absolute atomic E-state index is 12.6. The van der Waals surface area contributed by atoms with Crippen molar-refractivity contribution in [1.29, 1.82) is 0 Å². The van der Waals surface area contributed by atoms with E-state index in [0.29, 0.717) is 5.78 Å². The predicted octanol–water partition coefficient (Wildman–Crippen LogP) is 4.39. The van der Waals surface area contributed by atoms with E-state index in [0.717, 1.165) is 43.6 Å². The summed E-state index contributed by atoms with van der Waals surface area (Å²) in [5.74, 6) is 0.467. The van der Waals surface area contributed by atoms with Gasteiger partial charge in [0, 0.05) is 11.5 Å². The molecule has 0 radical (unpaired) electrons. The Morgan fingerprint density at radius 3 is 2.50 bits per heavy atom. The molecule has 3 aromatic rings. The molecule has 3 nitrogen and oxygen atoms in total. The SMILES string of the molecule is O=C(c1ccccc1)C1CCN(Cc2nc3ccccc3s2)CC1. The minimum Gasteiger partial charge on any atom is -0.297 e. The van der Waals surface area contributed by atoms with Gasteiger partial charge in [-0.25, -0.2) is 4.98 Å². The highest BCUT2D eigenvalue weighted by Crippen LogP contribution is 2.26. The van der Waals surface area contributed by atoms with Crippen LogP contribution < -0.4 is 0 Å². The van der Waals surface area contributed by atoms with E-state index < -0.39 is 0 Å². The lowest BCUT2D eigenvalue weighted by Crippen LogP contribution is -2.35. The number of hydrogen-bond acceptors (Lipinski definition) is 4. The first-order valence-electron chi connectivity index (χ1n) is 8.46. The first kappa shape index (κ1) is 15.5. The molecule has 0 amide bonds. The van der Waals surface area contributed by atoms with Crippen molar-refractivity contribution in [1.82, 2.24) is 9.88 Å². The molecule has 1 saturated heterocycles. The zero-order valence-electron chi connectivity index (χ0n) is 13.5. The Hall–Kier alpha value is -2.04. The van der Waals surface area contributed by atoms with Crippen molar-refractivity contribution < 1.29 is 4.79 Å². The largest absolute Gasteiger partial charge is 0.297 e. The smallest absolute Gasteiger partial charge is 0.166 e. The molecule has 1 aliphatic rings. The minimum absolute atomic E-state index is 0.166. The van der Waals surface area contributed by atoms with Crippen LogP contribution in [0.2, 0.25) is 0 Å². The lowest BCUT2D eigenvalue weighted by atomic mass is 9.89. The highest BCUT2D eigenvalue weighted by molar-refractivity contribution is 7.18. The molecule has 0 bridgehead atoms. The van der Waals surface area contributed by atoms with Crippen LogP contribution in [0.1, 0.15) is 28.2 Å². The summed E-state index contributed by atoms with van der Waals surface area (Å²) in [5.41, 5.74) is 1.94. The van der Waals surface area contributed by atoms with Gasteiger partial charge in [0.2, 0.25) is 0 Å². The summed E-state index contributed by atoms with van der Waals surface area (Å²) in [6.45, 7) is 2.84. The van der Waals surface area contributed by atoms with E-state index in [4.69, 9.17) is 4.98 Å². The van der Waals surface area contributed by atoms with Crippen LogP contribution in [-0.4, -0.2) is 28.8 Å². The molecule has 4 rings (SSSR count). The van der Waals surface area contributed by atoms with Gasteiger partial charge in [0.05, 0.1) is 16.8 Å². The second-order valence-electron chi connectivity index (χ2n) is 6.36. The van der Waals surface area contributed by atoms with Crippen LogP contribution in [0.15, 0.2) is 54.6 Å². The third-order valence-electron chi connectivity index (χ3n) is 4.71. The van der Waals surface area contributed by atoms with Crippen LogP contribution in [0.5, 0.6) is 0 Å². The first-order chi connectivity index (χ1) is 11.8. The molecule has 0 N–H and O–H groups in total. The van der Waals surface area contributed by atoms with E-state index in [2.05, 4.69) is 23.1 Å². The number of ketones is 1. The molecule has 1 fully saturated rings. The minimum atomic E-state index is 0.166. The standard InChI is InChI=1S/C20H20N2OS/c23-20(15-6-2-1-3-7-15)16-10-12-22(13-11-16)14-19-21-17-8-4-5-9-18(17)24-19/h1-9,16H,10-14H2. The van der Waals surface area contributed by atoms with Crippen molar-refractivity contribution in [3.63, 3.8) is 0 Å². The Morgan fingerprint density at radius 1 is 1.04 bits per heavy atom. The number of likely N-dealkylation sites (tertiary alicyclic amines) is 1. The number of carbonyl (C=O) groups excluding carboxylic acids is 1. The van der Waals surface area contributed by atoms with Gasteiger partial charge in [0.1, 0.15) is 5.01 Å². The summed E-state index contributed by atoms with van der Waals surface area (Å²) in [7, 11) is 0. The monoisotopic (exact) mass is 336 g/mol. The van der Waals surface area contributed by atoms with Crippen LogP contribution >= 0.6 is 11.3 Å². The summed E-state index contributed by atoms with van der Waals surface area (Å²) < 4.78 is 1.25. The number of fused-ring (bicyclic) bond motifs is 1. The number of para-hydroxylation sites is 1. The van der Waals surface area contributed by atoms with Crippen molar-refractivity contribution in [3.05, 3.63) is 65.2 Å². The number of aromatic nitrogens is 1. The normalized spacial score (nSPS) is 16.5. The Balaban J connectivity index is 1.37. The molecule has 0 atom stereocenters. The van der Waals surface area contributed by atoms with Gasteiger partial charge in [0.15, 0.2) is 5.78 Å². The Morgan fingerprint density at radius 2 is 1.75 bits per heavy atom. The number of thiazole rings is 1. The molecule has 0 unspecified atom stereocenters. The summed E-state index contributed by atoms with van der Waals surface area (Å²) in [6, 6.07) is 18.0. The fourth-order valence-electron chi connectivity index (χ4n) is 3.37. The van der Waals surface area contributed by atoms with E-state index in [1.807, 2.05) is 36.4 Å². The van der Waals surface area contributed by atoms with E-state index in [9.17, 15) is 4.79 Å². The lowest BCUT2D eigenvalue weighted by Gasteiger charge is -2.30. The van der Waals surface area contributed by atoms with E-state index in [-0.39, 0.29) is 5.92 Å². The molecule has 1 aromatic heterocycles. The summed E-state index contributed by atoms with van der Waals surface area (Å²) in [5, 5.41) is 1.17. The number of Topliss-reactive ketones (excluding diaryl/α,β-unsaturated/α-hetero) is 1. The van der Waals surface area contributed by atoms with Crippen LogP contribution in [0.4, 0.5) is 0 Å². The van der Waals surface area contributed by atoms with E-state index in [1.165, 1.54) is 9.71 Å². The van der Waals surface area contributed by atoms with Gasteiger partial charge in [-0.05, 0) is 38.1 Å². The molecule has 0 spiro atoms. The average molecular weight is 336 g/mol. The highest BCUT2D eigenvalue weighted by Gasteiger charge is 2.26. The zero-order valence-corrected chi connectivity index (χ0v) is 14.3. The topological polar surface area (TPSA) is 33.2 Å². The average Bonchev–Trinajstić information content (AvgIpc) is 3.05. The molecule has 4 heteroatoms. The number of benzene rings is 2. The van der Waals surface area contributed by atoms with Gasteiger partial charge in [-0.2, -0.15) is 0 Å². The number of nitrogens with zero attached hydrogens (tertiary/aromatic N) is 2.